The highest BCUT2D eigenvalue weighted by Crippen LogP contribution is 2.24. The number of hydrogen-bond donors (Lipinski definition) is 1. The van der Waals surface area contributed by atoms with E-state index in [0.717, 1.165) is 32.2 Å². The molecule has 1 fully saturated rings. The van der Waals surface area contributed by atoms with Gasteiger partial charge in [-0.25, -0.2) is 0 Å². The zero-order valence-corrected chi connectivity index (χ0v) is 12.6. The Morgan fingerprint density at radius 3 is 2.70 bits per heavy atom. The molecule has 0 radical (unpaired) electrons. The summed E-state index contributed by atoms with van der Waals surface area (Å²) in [4.78, 5) is 14.5. The van der Waals surface area contributed by atoms with Crippen LogP contribution in [0.25, 0.3) is 0 Å². The maximum absolute atomic E-state index is 12.5. The molecule has 110 valence electrons. The lowest BCUT2D eigenvalue weighted by Gasteiger charge is -2.29. The third-order valence-corrected chi connectivity index (χ3v) is 4.45. The van der Waals surface area contributed by atoms with Crippen LogP contribution in [0.4, 0.5) is 0 Å². The average Bonchev–Trinajstić information content (AvgIpc) is 2.93. The first-order chi connectivity index (χ1) is 9.59. The van der Waals surface area contributed by atoms with Crippen molar-refractivity contribution in [3.05, 3.63) is 35.9 Å². The molecular weight excluding hydrogens is 248 g/mol. The first-order valence-corrected chi connectivity index (χ1v) is 7.69. The molecule has 1 aliphatic heterocycles. The van der Waals surface area contributed by atoms with Crippen LogP contribution < -0.4 is 5.73 Å². The third-order valence-electron chi connectivity index (χ3n) is 4.45. The summed E-state index contributed by atoms with van der Waals surface area (Å²) in [5.74, 6) is 0.155. The highest BCUT2D eigenvalue weighted by atomic mass is 16.2. The van der Waals surface area contributed by atoms with Gasteiger partial charge in [0.2, 0.25) is 5.91 Å². The van der Waals surface area contributed by atoms with Gasteiger partial charge in [0.25, 0.3) is 0 Å². The van der Waals surface area contributed by atoms with Crippen LogP contribution in [0.15, 0.2) is 30.3 Å². The number of nitrogens with zero attached hydrogens (tertiary/aromatic N) is 1. The normalized spacial score (nSPS) is 21.8. The SMILES string of the molecule is CC(N)C(C)C(=O)N1CCCC1CCc1ccccc1. The number of rotatable bonds is 5. The van der Waals surface area contributed by atoms with E-state index >= 15 is 0 Å². The lowest BCUT2D eigenvalue weighted by atomic mass is 10.00. The van der Waals surface area contributed by atoms with Crippen molar-refractivity contribution in [1.82, 2.24) is 4.90 Å². The van der Waals surface area contributed by atoms with Crippen LogP contribution in [0.2, 0.25) is 0 Å². The quantitative estimate of drug-likeness (QED) is 0.897. The van der Waals surface area contributed by atoms with Crippen molar-refractivity contribution in [2.24, 2.45) is 11.7 Å². The summed E-state index contributed by atoms with van der Waals surface area (Å²) in [6.45, 7) is 4.76. The highest BCUT2D eigenvalue weighted by Gasteiger charge is 2.32. The molecule has 1 aliphatic rings. The van der Waals surface area contributed by atoms with Crippen LogP contribution >= 0.6 is 0 Å². The molecule has 0 aliphatic carbocycles. The van der Waals surface area contributed by atoms with E-state index in [0.29, 0.717) is 6.04 Å². The minimum atomic E-state index is -0.0766. The summed E-state index contributed by atoms with van der Waals surface area (Å²) < 4.78 is 0. The first kappa shape index (κ1) is 15.0. The molecule has 1 amide bonds. The molecule has 20 heavy (non-hydrogen) atoms. The number of nitrogens with two attached hydrogens (primary N) is 1. The van der Waals surface area contributed by atoms with E-state index < -0.39 is 0 Å². The van der Waals surface area contributed by atoms with Crippen molar-refractivity contribution in [2.75, 3.05) is 6.54 Å². The topological polar surface area (TPSA) is 46.3 Å². The Balaban J connectivity index is 1.92. The Kier molecular flexibility index (Phi) is 5.18. The van der Waals surface area contributed by atoms with Crippen LogP contribution in [0.3, 0.4) is 0 Å². The van der Waals surface area contributed by atoms with Crippen molar-refractivity contribution in [1.29, 1.82) is 0 Å². The van der Waals surface area contributed by atoms with Crippen LogP contribution in [-0.4, -0.2) is 29.4 Å². The van der Waals surface area contributed by atoms with Gasteiger partial charge in [-0.1, -0.05) is 37.3 Å². The molecular formula is C17H26N2O. The fourth-order valence-corrected chi connectivity index (χ4v) is 2.89. The van der Waals surface area contributed by atoms with E-state index in [1.807, 2.05) is 19.9 Å². The van der Waals surface area contributed by atoms with Gasteiger partial charge in [-0.15, -0.1) is 0 Å². The number of aryl methyl sites for hydroxylation is 1. The fourth-order valence-electron chi connectivity index (χ4n) is 2.89. The third kappa shape index (κ3) is 3.60. The van der Waals surface area contributed by atoms with Crippen LogP contribution in [-0.2, 0) is 11.2 Å². The fraction of sp³-hybridized carbons (Fsp3) is 0.588. The van der Waals surface area contributed by atoms with Crippen LogP contribution in [0.1, 0.15) is 38.7 Å². The van der Waals surface area contributed by atoms with Crippen molar-refractivity contribution in [3.63, 3.8) is 0 Å². The average molecular weight is 274 g/mol. The number of benzene rings is 1. The summed E-state index contributed by atoms with van der Waals surface area (Å²) in [6.07, 6.45) is 4.35. The molecule has 1 aromatic rings. The molecule has 2 rings (SSSR count). The number of amides is 1. The molecule has 1 saturated heterocycles. The summed E-state index contributed by atoms with van der Waals surface area (Å²) >= 11 is 0. The van der Waals surface area contributed by atoms with E-state index in [9.17, 15) is 4.79 Å². The Morgan fingerprint density at radius 2 is 2.05 bits per heavy atom. The van der Waals surface area contributed by atoms with E-state index in [-0.39, 0.29) is 17.9 Å². The van der Waals surface area contributed by atoms with Crippen molar-refractivity contribution in [3.8, 4) is 0 Å². The van der Waals surface area contributed by atoms with Crippen molar-refractivity contribution < 1.29 is 4.79 Å². The van der Waals surface area contributed by atoms with Gasteiger partial charge in [-0.3, -0.25) is 4.79 Å². The summed E-state index contributed by atoms with van der Waals surface area (Å²) in [5, 5.41) is 0. The summed E-state index contributed by atoms with van der Waals surface area (Å²) in [5.41, 5.74) is 7.22. The Labute approximate surface area is 122 Å². The van der Waals surface area contributed by atoms with E-state index in [1.54, 1.807) is 0 Å². The smallest absolute Gasteiger partial charge is 0.227 e. The highest BCUT2D eigenvalue weighted by molar-refractivity contribution is 5.79. The first-order valence-electron chi connectivity index (χ1n) is 7.69. The Bertz CT molecular complexity index is 430. The Hall–Kier alpha value is -1.35. The Morgan fingerprint density at radius 1 is 1.35 bits per heavy atom. The van der Waals surface area contributed by atoms with Crippen LogP contribution in [0.5, 0.6) is 0 Å². The molecule has 0 bridgehead atoms. The van der Waals surface area contributed by atoms with Gasteiger partial charge >= 0.3 is 0 Å². The molecule has 1 aromatic carbocycles. The van der Waals surface area contributed by atoms with Gasteiger partial charge in [0.1, 0.15) is 0 Å². The van der Waals surface area contributed by atoms with Gasteiger partial charge in [-0.2, -0.15) is 0 Å². The maximum atomic E-state index is 12.5. The summed E-state index contributed by atoms with van der Waals surface area (Å²) in [6, 6.07) is 10.8. The second kappa shape index (κ2) is 6.89. The minimum Gasteiger partial charge on any atom is -0.339 e. The molecule has 3 nitrogen and oxygen atoms in total. The van der Waals surface area contributed by atoms with Gasteiger partial charge in [0.15, 0.2) is 0 Å². The van der Waals surface area contributed by atoms with Gasteiger partial charge < -0.3 is 10.6 Å². The van der Waals surface area contributed by atoms with E-state index in [2.05, 4.69) is 29.2 Å². The molecule has 3 unspecified atom stereocenters. The number of carbonyl (C=O) groups is 1. The number of carbonyl (C=O) groups excluding carboxylic acids is 1. The van der Waals surface area contributed by atoms with Gasteiger partial charge in [-0.05, 0) is 38.2 Å². The number of likely N-dealkylation sites (tertiary alicyclic amines) is 1. The lowest BCUT2D eigenvalue weighted by molar-refractivity contribution is -0.136. The zero-order valence-electron chi connectivity index (χ0n) is 12.6. The largest absolute Gasteiger partial charge is 0.339 e. The zero-order chi connectivity index (χ0) is 14.5. The second-order valence-corrected chi connectivity index (χ2v) is 6.00. The van der Waals surface area contributed by atoms with E-state index in [4.69, 9.17) is 5.73 Å². The van der Waals surface area contributed by atoms with Crippen molar-refractivity contribution in [2.45, 2.75) is 51.6 Å². The molecule has 0 saturated carbocycles. The molecule has 1 heterocycles. The lowest BCUT2D eigenvalue weighted by Crippen LogP contribution is -2.44. The van der Waals surface area contributed by atoms with E-state index in [1.165, 1.54) is 5.56 Å². The molecule has 0 aromatic heterocycles. The monoisotopic (exact) mass is 274 g/mol. The van der Waals surface area contributed by atoms with Gasteiger partial charge in [0.05, 0.1) is 5.92 Å². The van der Waals surface area contributed by atoms with Crippen molar-refractivity contribution >= 4 is 5.91 Å². The van der Waals surface area contributed by atoms with Crippen LogP contribution in [0, 0.1) is 5.92 Å². The predicted molar refractivity (Wildman–Crippen MR) is 82.3 cm³/mol. The predicted octanol–water partition coefficient (Wildman–Crippen LogP) is 2.59. The van der Waals surface area contributed by atoms with Gasteiger partial charge in [0, 0.05) is 18.6 Å². The minimum absolute atomic E-state index is 0.0714. The summed E-state index contributed by atoms with van der Waals surface area (Å²) in [7, 11) is 0. The molecule has 3 heteroatoms. The molecule has 0 spiro atoms. The second-order valence-electron chi connectivity index (χ2n) is 6.00. The molecule has 3 atom stereocenters. The molecule has 2 N–H and O–H groups in total. The number of hydrogen-bond acceptors (Lipinski definition) is 2. The standard InChI is InChI=1S/C17H26N2O/c1-13(14(2)18)17(20)19-12-6-9-16(19)11-10-15-7-4-3-5-8-15/h3-5,7-8,13-14,16H,6,9-12,18H2,1-2H3. The maximum Gasteiger partial charge on any atom is 0.227 e.